The largest absolute Gasteiger partial charge is 0.311 e. The van der Waals surface area contributed by atoms with Gasteiger partial charge in [-0.15, -0.1) is 11.8 Å². The molecule has 154 valence electrons. The van der Waals surface area contributed by atoms with Gasteiger partial charge in [0.05, 0.1) is 11.0 Å². The molecule has 0 bridgehead atoms. The van der Waals surface area contributed by atoms with E-state index in [2.05, 4.69) is 57.2 Å². The summed E-state index contributed by atoms with van der Waals surface area (Å²) in [7, 11) is 0. The van der Waals surface area contributed by atoms with Gasteiger partial charge in [-0.05, 0) is 52.4 Å². The Morgan fingerprint density at radius 2 is 1.77 bits per heavy atom. The molecule has 1 amide bonds. The molecule has 0 aliphatic carbocycles. The molecule has 0 fully saturated rings. The Hall–Kier alpha value is -2.59. The van der Waals surface area contributed by atoms with Crippen LogP contribution >= 0.6 is 11.8 Å². The summed E-state index contributed by atoms with van der Waals surface area (Å²) in [5.41, 5.74) is 3.80. The Bertz CT molecular complexity index is 1120. The number of hydrogen-bond donors (Lipinski definition) is 0. The van der Waals surface area contributed by atoms with Gasteiger partial charge < -0.3 is 4.90 Å². The normalized spacial score (nSPS) is 17.0. The van der Waals surface area contributed by atoms with E-state index >= 15 is 0 Å². The van der Waals surface area contributed by atoms with Crippen molar-refractivity contribution < 1.29 is 9.59 Å². The first-order chi connectivity index (χ1) is 14.2. The van der Waals surface area contributed by atoms with Crippen LogP contribution in [-0.4, -0.2) is 24.0 Å². The van der Waals surface area contributed by atoms with Crippen molar-refractivity contribution in [3.05, 3.63) is 77.4 Å². The first-order valence-electron chi connectivity index (χ1n) is 10.3. The Morgan fingerprint density at radius 1 is 1.03 bits per heavy atom. The lowest BCUT2D eigenvalue weighted by atomic mass is 9.92. The van der Waals surface area contributed by atoms with Crippen LogP contribution < -0.4 is 4.90 Å². The van der Waals surface area contributed by atoms with Gasteiger partial charge in [0.25, 0.3) is 0 Å². The summed E-state index contributed by atoms with van der Waals surface area (Å²) >= 11 is 1.65. The zero-order chi connectivity index (χ0) is 21.5. The standard InChI is InChI=1S/C26H27NO2S/c1-17(28)19-12-13-23-22(14-19)25(30-15-24(29)27(23)16-26(2,3)4)21-11-7-9-18-8-5-6-10-20(18)21/h5-14,25H,15-16H2,1-4H3. The second-order valence-corrected chi connectivity index (χ2v) is 10.2. The second-order valence-electron chi connectivity index (χ2n) is 9.13. The Kier molecular flexibility index (Phi) is 5.46. The van der Waals surface area contributed by atoms with Crippen molar-refractivity contribution in [1.82, 2.24) is 0 Å². The summed E-state index contributed by atoms with van der Waals surface area (Å²) in [6.07, 6.45) is 0. The predicted octanol–water partition coefficient (Wildman–Crippen LogP) is 6.26. The molecule has 1 aliphatic rings. The third-order valence-electron chi connectivity index (χ3n) is 5.42. The van der Waals surface area contributed by atoms with E-state index in [9.17, 15) is 9.59 Å². The molecule has 0 saturated carbocycles. The number of Topliss-reactive ketones (excluding diaryl/α,β-unsaturated/α-hetero) is 1. The maximum Gasteiger partial charge on any atom is 0.237 e. The number of fused-ring (bicyclic) bond motifs is 2. The highest BCUT2D eigenvalue weighted by molar-refractivity contribution is 8.00. The summed E-state index contributed by atoms with van der Waals surface area (Å²) in [5, 5.41) is 2.36. The van der Waals surface area contributed by atoms with E-state index < -0.39 is 0 Å². The molecule has 0 radical (unpaired) electrons. The topological polar surface area (TPSA) is 37.4 Å². The van der Waals surface area contributed by atoms with Crippen molar-refractivity contribution in [3.8, 4) is 0 Å². The molecular formula is C26H27NO2S. The average molecular weight is 418 g/mol. The van der Waals surface area contributed by atoms with E-state index in [1.54, 1.807) is 18.7 Å². The summed E-state index contributed by atoms with van der Waals surface area (Å²) in [4.78, 5) is 27.2. The monoisotopic (exact) mass is 417 g/mol. The number of rotatable bonds is 3. The number of ketones is 1. The summed E-state index contributed by atoms with van der Waals surface area (Å²) in [5.74, 6) is 0.570. The molecule has 4 rings (SSSR count). The average Bonchev–Trinajstić information content (AvgIpc) is 2.83. The smallest absolute Gasteiger partial charge is 0.237 e. The lowest BCUT2D eigenvalue weighted by Crippen LogP contribution is -2.38. The van der Waals surface area contributed by atoms with Crippen molar-refractivity contribution in [2.75, 3.05) is 17.2 Å². The molecule has 1 atom stereocenters. The van der Waals surface area contributed by atoms with Crippen molar-refractivity contribution in [3.63, 3.8) is 0 Å². The predicted molar refractivity (Wildman–Crippen MR) is 127 cm³/mol. The van der Waals surface area contributed by atoms with E-state index in [0.717, 1.165) is 11.3 Å². The second kappa shape index (κ2) is 7.92. The zero-order valence-electron chi connectivity index (χ0n) is 17.9. The first kappa shape index (κ1) is 20.7. The van der Waals surface area contributed by atoms with Crippen LogP contribution in [0.15, 0.2) is 60.7 Å². The fourth-order valence-corrected chi connectivity index (χ4v) is 5.29. The van der Waals surface area contributed by atoms with Gasteiger partial charge in [0, 0.05) is 17.8 Å². The van der Waals surface area contributed by atoms with Crippen LogP contribution in [0.4, 0.5) is 5.69 Å². The van der Waals surface area contributed by atoms with Crippen LogP contribution in [0, 0.1) is 5.41 Å². The van der Waals surface area contributed by atoms with Crippen LogP contribution in [-0.2, 0) is 4.79 Å². The van der Waals surface area contributed by atoms with Gasteiger partial charge in [0.15, 0.2) is 5.78 Å². The number of nitrogens with zero attached hydrogens (tertiary/aromatic N) is 1. The van der Waals surface area contributed by atoms with Crippen LogP contribution in [0.5, 0.6) is 0 Å². The van der Waals surface area contributed by atoms with Gasteiger partial charge in [-0.1, -0.05) is 63.2 Å². The molecule has 1 unspecified atom stereocenters. The molecule has 3 aromatic carbocycles. The van der Waals surface area contributed by atoms with Crippen molar-refractivity contribution in [2.24, 2.45) is 5.41 Å². The van der Waals surface area contributed by atoms with Crippen LogP contribution in [0.25, 0.3) is 10.8 Å². The van der Waals surface area contributed by atoms with E-state index in [1.807, 2.05) is 29.2 Å². The van der Waals surface area contributed by atoms with Crippen LogP contribution in [0.1, 0.15) is 54.4 Å². The number of amides is 1. The summed E-state index contributed by atoms with van der Waals surface area (Å²) in [6, 6.07) is 20.5. The molecule has 1 heterocycles. The fourth-order valence-electron chi connectivity index (χ4n) is 4.07. The molecule has 3 nitrogen and oxygen atoms in total. The van der Waals surface area contributed by atoms with Gasteiger partial charge in [-0.2, -0.15) is 0 Å². The van der Waals surface area contributed by atoms with Crippen molar-refractivity contribution >= 4 is 39.9 Å². The number of anilines is 1. The molecule has 0 N–H and O–H groups in total. The van der Waals surface area contributed by atoms with Crippen molar-refractivity contribution in [2.45, 2.75) is 32.9 Å². The quantitative estimate of drug-likeness (QED) is 0.472. The Morgan fingerprint density at radius 3 is 2.50 bits per heavy atom. The molecule has 0 saturated heterocycles. The minimum Gasteiger partial charge on any atom is -0.311 e. The number of hydrogen-bond acceptors (Lipinski definition) is 3. The van der Waals surface area contributed by atoms with Gasteiger partial charge in [-0.3, -0.25) is 9.59 Å². The molecule has 4 heteroatoms. The number of carbonyl (C=O) groups excluding carboxylic acids is 2. The van der Waals surface area contributed by atoms with E-state index in [4.69, 9.17) is 0 Å². The molecular weight excluding hydrogens is 390 g/mol. The van der Waals surface area contributed by atoms with Gasteiger partial charge in [0.2, 0.25) is 5.91 Å². The lowest BCUT2D eigenvalue weighted by Gasteiger charge is -2.30. The third-order valence-corrected chi connectivity index (χ3v) is 6.67. The van der Waals surface area contributed by atoms with Gasteiger partial charge >= 0.3 is 0 Å². The van der Waals surface area contributed by atoms with Crippen LogP contribution in [0.2, 0.25) is 0 Å². The summed E-state index contributed by atoms with van der Waals surface area (Å²) < 4.78 is 0. The maximum absolute atomic E-state index is 13.2. The van der Waals surface area contributed by atoms with Gasteiger partial charge in [0.1, 0.15) is 0 Å². The Labute approximate surface area is 182 Å². The molecule has 30 heavy (non-hydrogen) atoms. The molecule has 0 aromatic heterocycles. The SMILES string of the molecule is CC(=O)c1ccc2c(c1)C(c1cccc3ccccc13)SCC(=O)N2CC(C)(C)C. The van der Waals surface area contributed by atoms with Crippen LogP contribution in [0.3, 0.4) is 0 Å². The molecule has 1 aliphatic heterocycles. The number of benzene rings is 3. The highest BCUT2D eigenvalue weighted by atomic mass is 32.2. The van der Waals surface area contributed by atoms with E-state index in [1.165, 1.54) is 16.3 Å². The third kappa shape index (κ3) is 4.01. The highest BCUT2D eigenvalue weighted by Crippen LogP contribution is 2.46. The minimum atomic E-state index is -0.0316. The Balaban J connectivity index is 1.94. The minimum absolute atomic E-state index is 0.0145. The maximum atomic E-state index is 13.2. The van der Waals surface area contributed by atoms with Crippen molar-refractivity contribution in [1.29, 1.82) is 0 Å². The summed E-state index contributed by atoms with van der Waals surface area (Å²) in [6.45, 7) is 8.66. The molecule has 0 spiro atoms. The van der Waals surface area contributed by atoms with Gasteiger partial charge in [-0.25, -0.2) is 0 Å². The highest BCUT2D eigenvalue weighted by Gasteiger charge is 2.32. The molecule has 3 aromatic rings. The van der Waals surface area contributed by atoms with E-state index in [-0.39, 0.29) is 22.4 Å². The fraction of sp³-hybridized carbons (Fsp3) is 0.308. The lowest BCUT2D eigenvalue weighted by molar-refractivity contribution is -0.116. The number of thioether (sulfide) groups is 1. The first-order valence-corrected chi connectivity index (χ1v) is 11.3. The zero-order valence-corrected chi connectivity index (χ0v) is 18.8. The number of carbonyl (C=O) groups is 2. The van der Waals surface area contributed by atoms with E-state index in [0.29, 0.717) is 17.9 Å².